The molecule has 1 saturated heterocycles. The number of amides is 1. The fraction of sp³-hybridized carbons (Fsp3) is 0.414. The number of nitrogens with one attached hydrogen (secondary N) is 3. The SMILES string of the molecule is COc1ccc(Sc2cc(Nc3cc(Cl)ccc3C)nc(N[C@@H](CC(C)C)C(=O)NCC3CCCO3)n2)cc1. The molecule has 8 nitrogen and oxygen atoms in total. The first kappa shape index (κ1) is 29.0. The van der Waals surface area contributed by atoms with Crippen molar-refractivity contribution < 1.29 is 14.3 Å². The molecule has 1 unspecified atom stereocenters. The molecular weight excluding hydrogens is 534 g/mol. The molecular formula is C29H36ClN5O3S. The van der Waals surface area contributed by atoms with Gasteiger partial charge < -0.3 is 25.4 Å². The van der Waals surface area contributed by atoms with Crippen molar-refractivity contribution in [3.05, 3.63) is 59.1 Å². The van der Waals surface area contributed by atoms with Crippen LogP contribution in [0.15, 0.2) is 58.5 Å². The molecule has 0 saturated carbocycles. The molecule has 2 heterocycles. The summed E-state index contributed by atoms with van der Waals surface area (Å²) in [6.07, 6.45) is 2.70. The predicted molar refractivity (Wildman–Crippen MR) is 157 cm³/mol. The fourth-order valence-electron chi connectivity index (χ4n) is 4.24. The lowest BCUT2D eigenvalue weighted by Gasteiger charge is -2.22. The number of aryl methyl sites for hydroxylation is 1. The highest BCUT2D eigenvalue weighted by Crippen LogP contribution is 2.31. The van der Waals surface area contributed by atoms with Gasteiger partial charge in [0.1, 0.15) is 22.6 Å². The number of hydrogen-bond acceptors (Lipinski definition) is 8. The van der Waals surface area contributed by atoms with E-state index in [0.717, 1.165) is 46.4 Å². The molecule has 4 rings (SSSR count). The van der Waals surface area contributed by atoms with Crippen LogP contribution in [0.4, 0.5) is 17.5 Å². The molecule has 1 fully saturated rings. The minimum Gasteiger partial charge on any atom is -0.497 e. The zero-order chi connectivity index (χ0) is 27.8. The number of carbonyl (C=O) groups is 1. The van der Waals surface area contributed by atoms with Crippen LogP contribution in [0, 0.1) is 12.8 Å². The van der Waals surface area contributed by atoms with Crippen molar-refractivity contribution in [1.82, 2.24) is 15.3 Å². The summed E-state index contributed by atoms with van der Waals surface area (Å²) < 4.78 is 11.0. The van der Waals surface area contributed by atoms with E-state index in [1.165, 1.54) is 11.8 Å². The van der Waals surface area contributed by atoms with Gasteiger partial charge in [0.2, 0.25) is 11.9 Å². The van der Waals surface area contributed by atoms with Gasteiger partial charge in [-0.3, -0.25) is 4.79 Å². The van der Waals surface area contributed by atoms with Crippen LogP contribution in [0.1, 0.15) is 38.7 Å². The van der Waals surface area contributed by atoms with Crippen LogP contribution in [0.25, 0.3) is 0 Å². The molecule has 0 spiro atoms. The molecule has 39 heavy (non-hydrogen) atoms. The van der Waals surface area contributed by atoms with Crippen LogP contribution < -0.4 is 20.7 Å². The average molecular weight is 570 g/mol. The second-order valence-electron chi connectivity index (χ2n) is 9.98. The maximum atomic E-state index is 13.2. The van der Waals surface area contributed by atoms with Gasteiger partial charge in [-0.05, 0) is 74.1 Å². The van der Waals surface area contributed by atoms with Gasteiger partial charge in [0.25, 0.3) is 0 Å². The normalized spacial score (nSPS) is 15.7. The van der Waals surface area contributed by atoms with E-state index in [2.05, 4.69) is 29.8 Å². The lowest BCUT2D eigenvalue weighted by molar-refractivity contribution is -0.122. The van der Waals surface area contributed by atoms with Gasteiger partial charge >= 0.3 is 0 Å². The summed E-state index contributed by atoms with van der Waals surface area (Å²) in [5.74, 6) is 1.95. The third-order valence-corrected chi connectivity index (χ3v) is 7.46. The molecule has 2 aromatic carbocycles. The minimum atomic E-state index is -0.492. The van der Waals surface area contributed by atoms with Crippen LogP contribution in [0.5, 0.6) is 5.75 Å². The van der Waals surface area contributed by atoms with Gasteiger partial charge in [-0.1, -0.05) is 43.3 Å². The summed E-state index contributed by atoms with van der Waals surface area (Å²) in [5, 5.41) is 11.1. The maximum absolute atomic E-state index is 13.2. The quantitative estimate of drug-likeness (QED) is 0.214. The summed E-state index contributed by atoms with van der Waals surface area (Å²) in [6, 6.07) is 14.8. The number of hydrogen-bond donors (Lipinski definition) is 3. The minimum absolute atomic E-state index is 0.0749. The second kappa shape index (κ2) is 13.9. The molecule has 2 atom stereocenters. The smallest absolute Gasteiger partial charge is 0.242 e. The van der Waals surface area contributed by atoms with Crippen LogP contribution in [-0.2, 0) is 9.53 Å². The topological polar surface area (TPSA) is 97.4 Å². The van der Waals surface area contributed by atoms with Crippen molar-refractivity contribution in [2.24, 2.45) is 5.92 Å². The number of rotatable bonds is 12. The van der Waals surface area contributed by atoms with Crippen molar-refractivity contribution in [3.8, 4) is 5.75 Å². The highest BCUT2D eigenvalue weighted by Gasteiger charge is 2.24. The van der Waals surface area contributed by atoms with Crippen molar-refractivity contribution in [1.29, 1.82) is 0 Å². The van der Waals surface area contributed by atoms with Gasteiger partial charge in [-0.2, -0.15) is 4.98 Å². The lowest BCUT2D eigenvalue weighted by Crippen LogP contribution is -2.43. The Kier molecular flexibility index (Phi) is 10.3. The number of methoxy groups -OCH3 is 1. The number of benzene rings is 2. The highest BCUT2D eigenvalue weighted by atomic mass is 35.5. The first-order chi connectivity index (χ1) is 18.8. The summed E-state index contributed by atoms with van der Waals surface area (Å²) in [5.41, 5.74) is 1.88. The van der Waals surface area contributed by atoms with E-state index in [9.17, 15) is 4.79 Å². The number of nitrogens with zero attached hydrogens (tertiary/aromatic N) is 2. The Labute approximate surface area is 239 Å². The first-order valence-corrected chi connectivity index (χ1v) is 14.4. The van der Waals surface area contributed by atoms with Gasteiger partial charge in [0.05, 0.1) is 13.2 Å². The molecule has 3 N–H and O–H groups in total. The van der Waals surface area contributed by atoms with Crippen LogP contribution in [0.2, 0.25) is 5.02 Å². The summed E-state index contributed by atoms with van der Waals surface area (Å²) in [6.45, 7) is 7.44. The number of anilines is 3. The van der Waals surface area contributed by atoms with Crippen LogP contribution in [-0.4, -0.2) is 48.3 Å². The summed E-state index contributed by atoms with van der Waals surface area (Å²) in [7, 11) is 1.64. The van der Waals surface area contributed by atoms with Gasteiger partial charge in [0, 0.05) is 34.8 Å². The Morgan fingerprint density at radius 3 is 2.67 bits per heavy atom. The predicted octanol–water partition coefficient (Wildman–Crippen LogP) is 6.46. The summed E-state index contributed by atoms with van der Waals surface area (Å²) >= 11 is 7.75. The Bertz CT molecular complexity index is 1250. The van der Waals surface area contributed by atoms with Crippen LogP contribution >= 0.6 is 23.4 Å². The third-order valence-electron chi connectivity index (χ3n) is 6.30. The highest BCUT2D eigenvalue weighted by molar-refractivity contribution is 7.99. The molecule has 1 aromatic heterocycles. The molecule has 10 heteroatoms. The number of carbonyl (C=O) groups excluding carboxylic acids is 1. The molecule has 1 aliphatic rings. The number of halogens is 1. The molecule has 0 radical (unpaired) electrons. The van der Waals surface area contributed by atoms with Crippen molar-refractivity contribution in [2.45, 2.75) is 62.1 Å². The molecule has 0 bridgehead atoms. The van der Waals surface area contributed by atoms with Crippen molar-refractivity contribution in [2.75, 3.05) is 30.9 Å². The Balaban J connectivity index is 1.59. The zero-order valence-corrected chi connectivity index (χ0v) is 24.4. The maximum Gasteiger partial charge on any atom is 0.242 e. The Morgan fingerprint density at radius 1 is 1.18 bits per heavy atom. The standard InChI is InChI=1S/C29H36ClN5O3S/c1-18(2)14-25(28(36)31-17-22-6-5-13-38-22)33-29-34-26(32-24-15-20(30)8-7-19(24)3)16-27(35-29)39-23-11-9-21(37-4)10-12-23/h7-12,15-16,18,22,25H,5-6,13-14,17H2,1-4H3,(H,31,36)(H2,32,33,34,35)/t22?,25-/m0/s1. The fourth-order valence-corrected chi connectivity index (χ4v) is 5.23. The third kappa shape index (κ3) is 8.74. The van der Waals surface area contributed by atoms with E-state index in [1.54, 1.807) is 7.11 Å². The lowest BCUT2D eigenvalue weighted by atomic mass is 10.0. The average Bonchev–Trinajstić information content (AvgIpc) is 3.43. The van der Waals surface area contributed by atoms with E-state index in [4.69, 9.17) is 31.0 Å². The van der Waals surface area contributed by atoms with Crippen LogP contribution in [0.3, 0.4) is 0 Å². The Hall–Kier alpha value is -3.01. The van der Waals surface area contributed by atoms with Crippen molar-refractivity contribution >= 4 is 46.7 Å². The number of ether oxygens (including phenoxy) is 2. The molecule has 1 aliphatic heterocycles. The van der Waals surface area contributed by atoms with E-state index < -0.39 is 6.04 Å². The number of aromatic nitrogens is 2. The monoisotopic (exact) mass is 569 g/mol. The van der Waals surface area contributed by atoms with E-state index in [0.29, 0.717) is 35.7 Å². The van der Waals surface area contributed by atoms with E-state index in [-0.39, 0.29) is 12.0 Å². The van der Waals surface area contributed by atoms with E-state index in [1.807, 2.05) is 55.5 Å². The second-order valence-corrected chi connectivity index (χ2v) is 11.5. The summed E-state index contributed by atoms with van der Waals surface area (Å²) in [4.78, 5) is 23.7. The zero-order valence-electron chi connectivity index (χ0n) is 22.8. The van der Waals surface area contributed by atoms with Gasteiger partial charge in [-0.15, -0.1) is 0 Å². The molecule has 0 aliphatic carbocycles. The molecule has 3 aromatic rings. The Morgan fingerprint density at radius 2 is 1.97 bits per heavy atom. The van der Waals surface area contributed by atoms with Gasteiger partial charge in [0.15, 0.2) is 0 Å². The van der Waals surface area contributed by atoms with Gasteiger partial charge in [-0.25, -0.2) is 4.98 Å². The molecule has 208 valence electrons. The largest absolute Gasteiger partial charge is 0.497 e. The first-order valence-electron chi connectivity index (χ1n) is 13.2. The molecule has 1 amide bonds. The van der Waals surface area contributed by atoms with E-state index >= 15 is 0 Å². The van der Waals surface area contributed by atoms with Crippen molar-refractivity contribution in [3.63, 3.8) is 0 Å².